The van der Waals surface area contributed by atoms with Gasteiger partial charge >= 0.3 is 0 Å². The van der Waals surface area contributed by atoms with E-state index in [1.54, 1.807) is 0 Å². The van der Waals surface area contributed by atoms with Gasteiger partial charge in [-0.2, -0.15) is 0 Å². The molecule has 3 atom stereocenters. The number of hydrogen-bond donors (Lipinski definition) is 1. The molecular weight excluding hydrogens is 117 g/mol. The summed E-state index contributed by atoms with van der Waals surface area (Å²) in [5.74, 6) is 0.736. The summed E-state index contributed by atoms with van der Waals surface area (Å²) < 4.78 is 12.8. The van der Waals surface area contributed by atoms with Crippen molar-refractivity contribution in [1.29, 1.82) is 0 Å². The monoisotopic (exact) mass is 131 g/mol. The molecule has 0 bridgehead atoms. The molecule has 1 saturated heterocycles. The summed E-state index contributed by atoms with van der Waals surface area (Å²) in [6.45, 7) is 5.59. The summed E-state index contributed by atoms with van der Waals surface area (Å²) >= 11 is 0. The second kappa shape index (κ2) is 2.65. The maximum absolute atomic E-state index is 12.8. The van der Waals surface area contributed by atoms with E-state index in [1.165, 1.54) is 0 Å². The van der Waals surface area contributed by atoms with Crippen LogP contribution in [-0.2, 0) is 0 Å². The van der Waals surface area contributed by atoms with Crippen molar-refractivity contribution >= 4 is 0 Å². The maximum atomic E-state index is 12.8. The van der Waals surface area contributed by atoms with Gasteiger partial charge in [-0.05, 0) is 18.4 Å². The second-order valence-electron chi connectivity index (χ2n) is 3.01. The predicted octanol–water partition coefficient (Wildman–Crippen LogP) is 1.20. The van der Waals surface area contributed by atoms with E-state index >= 15 is 0 Å². The third-order valence-corrected chi connectivity index (χ3v) is 2.27. The van der Waals surface area contributed by atoms with Crippen molar-refractivity contribution in [2.24, 2.45) is 11.8 Å². The average Bonchev–Trinajstić information content (AvgIpc) is 1.83. The van der Waals surface area contributed by atoms with Gasteiger partial charge in [0.15, 0.2) is 0 Å². The van der Waals surface area contributed by atoms with Gasteiger partial charge in [-0.15, -0.1) is 0 Å². The van der Waals surface area contributed by atoms with Crippen molar-refractivity contribution in [2.75, 3.05) is 13.1 Å². The minimum atomic E-state index is -0.631. The van der Waals surface area contributed by atoms with Crippen LogP contribution in [0.1, 0.15) is 13.8 Å². The van der Waals surface area contributed by atoms with Crippen LogP contribution in [0, 0.1) is 11.8 Å². The summed E-state index contributed by atoms with van der Waals surface area (Å²) in [5, 5.41) is 3.04. The Morgan fingerprint density at radius 2 is 2.00 bits per heavy atom. The number of rotatable bonds is 0. The minimum absolute atomic E-state index is 0.242. The fourth-order valence-electron chi connectivity index (χ4n) is 1.18. The van der Waals surface area contributed by atoms with Gasteiger partial charge in [0.25, 0.3) is 0 Å². The van der Waals surface area contributed by atoms with Gasteiger partial charge in [-0.1, -0.05) is 13.8 Å². The Balaban J connectivity index is 2.41. The maximum Gasteiger partial charge on any atom is 0.115 e. The van der Waals surface area contributed by atoms with Gasteiger partial charge in [0.2, 0.25) is 0 Å². The lowest BCUT2D eigenvalue weighted by Crippen LogP contribution is -2.42. The highest BCUT2D eigenvalue weighted by Crippen LogP contribution is 2.19. The molecule has 1 nitrogen and oxygen atoms in total. The fourth-order valence-corrected chi connectivity index (χ4v) is 1.18. The highest BCUT2D eigenvalue weighted by atomic mass is 19.1. The van der Waals surface area contributed by atoms with Gasteiger partial charge in [-0.25, -0.2) is 4.39 Å². The van der Waals surface area contributed by atoms with E-state index < -0.39 is 6.17 Å². The van der Waals surface area contributed by atoms with Crippen LogP contribution in [-0.4, -0.2) is 19.3 Å². The van der Waals surface area contributed by atoms with Crippen LogP contribution in [0.3, 0.4) is 0 Å². The highest BCUT2D eigenvalue weighted by molar-refractivity contribution is 4.79. The topological polar surface area (TPSA) is 12.0 Å². The number of nitrogens with one attached hydrogen (secondary N) is 1. The largest absolute Gasteiger partial charge is 0.314 e. The van der Waals surface area contributed by atoms with Crippen LogP contribution < -0.4 is 5.32 Å². The molecule has 0 aromatic rings. The first-order valence-corrected chi connectivity index (χ1v) is 3.56. The Kier molecular flexibility index (Phi) is 2.06. The van der Waals surface area contributed by atoms with Crippen LogP contribution in [0.5, 0.6) is 0 Å². The molecule has 0 aromatic carbocycles. The fraction of sp³-hybridized carbons (Fsp3) is 1.00. The molecular formula is C7H14FN. The summed E-state index contributed by atoms with van der Waals surface area (Å²) in [5.41, 5.74) is 0. The minimum Gasteiger partial charge on any atom is -0.314 e. The smallest absolute Gasteiger partial charge is 0.115 e. The van der Waals surface area contributed by atoms with E-state index in [4.69, 9.17) is 0 Å². The molecule has 54 valence electrons. The Labute approximate surface area is 55.6 Å². The van der Waals surface area contributed by atoms with Crippen molar-refractivity contribution in [1.82, 2.24) is 5.32 Å². The standard InChI is InChI=1S/C7H14FN/c1-5-3-9-4-7(8)6(5)2/h5-7,9H,3-4H2,1-2H3. The third-order valence-electron chi connectivity index (χ3n) is 2.27. The van der Waals surface area contributed by atoms with E-state index in [-0.39, 0.29) is 5.92 Å². The Morgan fingerprint density at radius 1 is 1.33 bits per heavy atom. The molecule has 1 N–H and O–H groups in total. The Morgan fingerprint density at radius 3 is 2.44 bits per heavy atom. The molecule has 1 fully saturated rings. The van der Waals surface area contributed by atoms with Crippen LogP contribution in [0.4, 0.5) is 4.39 Å². The van der Waals surface area contributed by atoms with E-state index in [0.717, 1.165) is 6.54 Å². The molecule has 0 aromatic heterocycles. The van der Waals surface area contributed by atoms with Crippen molar-refractivity contribution in [2.45, 2.75) is 20.0 Å². The molecule has 0 spiro atoms. The van der Waals surface area contributed by atoms with E-state index in [9.17, 15) is 4.39 Å². The van der Waals surface area contributed by atoms with E-state index in [1.807, 2.05) is 6.92 Å². The van der Waals surface area contributed by atoms with Crippen LogP contribution in [0.25, 0.3) is 0 Å². The van der Waals surface area contributed by atoms with Gasteiger partial charge in [0.1, 0.15) is 6.17 Å². The normalized spacial score (nSPS) is 45.0. The van der Waals surface area contributed by atoms with Crippen LogP contribution >= 0.6 is 0 Å². The Bertz CT molecular complexity index is 84.9. The average molecular weight is 131 g/mol. The predicted molar refractivity (Wildman–Crippen MR) is 36.1 cm³/mol. The van der Waals surface area contributed by atoms with E-state index in [0.29, 0.717) is 12.5 Å². The summed E-state index contributed by atoms with van der Waals surface area (Å²) in [7, 11) is 0. The third kappa shape index (κ3) is 1.42. The zero-order valence-corrected chi connectivity index (χ0v) is 6.02. The summed E-state index contributed by atoms with van der Waals surface area (Å²) in [6, 6.07) is 0. The summed E-state index contributed by atoms with van der Waals surface area (Å²) in [6.07, 6.45) is -0.631. The first-order chi connectivity index (χ1) is 4.22. The molecule has 1 rings (SSSR count). The molecule has 2 heteroatoms. The van der Waals surface area contributed by atoms with Gasteiger partial charge in [0.05, 0.1) is 0 Å². The lowest BCUT2D eigenvalue weighted by atomic mass is 9.88. The van der Waals surface area contributed by atoms with Gasteiger partial charge < -0.3 is 5.32 Å². The molecule has 1 aliphatic rings. The molecule has 0 saturated carbocycles. The lowest BCUT2D eigenvalue weighted by molar-refractivity contribution is 0.145. The molecule has 0 amide bonds. The van der Waals surface area contributed by atoms with Crippen molar-refractivity contribution in [3.05, 3.63) is 0 Å². The number of hydrogen-bond acceptors (Lipinski definition) is 1. The van der Waals surface area contributed by atoms with E-state index in [2.05, 4.69) is 12.2 Å². The van der Waals surface area contributed by atoms with Crippen LogP contribution in [0.2, 0.25) is 0 Å². The van der Waals surface area contributed by atoms with Crippen LogP contribution in [0.15, 0.2) is 0 Å². The number of halogens is 1. The van der Waals surface area contributed by atoms with Crippen molar-refractivity contribution in [3.63, 3.8) is 0 Å². The van der Waals surface area contributed by atoms with Gasteiger partial charge in [-0.3, -0.25) is 0 Å². The second-order valence-corrected chi connectivity index (χ2v) is 3.01. The molecule has 9 heavy (non-hydrogen) atoms. The van der Waals surface area contributed by atoms with Gasteiger partial charge in [0, 0.05) is 6.54 Å². The molecule has 1 heterocycles. The SMILES string of the molecule is CC1CNCC(F)C1C. The van der Waals surface area contributed by atoms with Crippen molar-refractivity contribution in [3.8, 4) is 0 Å². The molecule has 0 radical (unpaired) electrons. The Hall–Kier alpha value is -0.110. The molecule has 0 aliphatic carbocycles. The zero-order chi connectivity index (χ0) is 6.85. The first-order valence-electron chi connectivity index (χ1n) is 3.56. The molecule has 1 aliphatic heterocycles. The zero-order valence-electron chi connectivity index (χ0n) is 6.02. The highest BCUT2D eigenvalue weighted by Gasteiger charge is 2.25. The number of alkyl halides is 1. The quantitative estimate of drug-likeness (QED) is 0.521. The van der Waals surface area contributed by atoms with Crippen molar-refractivity contribution < 1.29 is 4.39 Å². The first kappa shape index (κ1) is 7.00. The lowest BCUT2D eigenvalue weighted by Gasteiger charge is -2.29. The number of piperidine rings is 1. The summed E-state index contributed by atoms with van der Waals surface area (Å²) in [4.78, 5) is 0. The molecule has 3 unspecified atom stereocenters.